The highest BCUT2D eigenvalue weighted by Gasteiger charge is 2.46. The molecule has 0 saturated heterocycles. The Bertz CT molecular complexity index is 166. The summed E-state index contributed by atoms with van der Waals surface area (Å²) in [7, 11) is 0. The largest absolute Gasteiger partial charge is 0.382 e. The number of hydrogen-bond donors (Lipinski definition) is 1. The van der Waals surface area contributed by atoms with Crippen molar-refractivity contribution in [1.82, 2.24) is 0 Å². The third kappa shape index (κ3) is 1.45. The molecule has 1 saturated carbocycles. The summed E-state index contributed by atoms with van der Waals surface area (Å²) in [6, 6.07) is 0. The zero-order valence-corrected chi connectivity index (χ0v) is 7.42. The molecule has 1 fully saturated rings. The van der Waals surface area contributed by atoms with Crippen LogP contribution in [0.4, 0.5) is 0 Å². The molecule has 0 aromatic rings. The van der Waals surface area contributed by atoms with Crippen molar-refractivity contribution < 1.29 is 9.90 Å². The lowest BCUT2D eigenvalue weighted by atomic mass is 9.67. The second-order valence-corrected chi connectivity index (χ2v) is 4.06. The standard InChI is InChI=1S/C9H16O2/c1-6(2)8(10)9(11)4-7(3)5-9/h6-7,11H,4-5H2,1-3H3. The van der Waals surface area contributed by atoms with E-state index in [1.54, 1.807) is 0 Å². The highest BCUT2D eigenvalue weighted by Crippen LogP contribution is 2.39. The van der Waals surface area contributed by atoms with Crippen LogP contribution in [0.1, 0.15) is 33.6 Å². The average Bonchev–Trinajstić information content (AvgIpc) is 1.83. The minimum absolute atomic E-state index is 0.00981. The molecule has 0 heterocycles. The summed E-state index contributed by atoms with van der Waals surface area (Å²) in [5.41, 5.74) is -0.965. The molecule has 0 unspecified atom stereocenters. The van der Waals surface area contributed by atoms with Crippen molar-refractivity contribution in [2.24, 2.45) is 11.8 Å². The Kier molecular flexibility index (Phi) is 2.06. The van der Waals surface area contributed by atoms with Gasteiger partial charge in [-0.25, -0.2) is 0 Å². The van der Waals surface area contributed by atoms with Crippen LogP contribution in [0.3, 0.4) is 0 Å². The van der Waals surface area contributed by atoms with E-state index in [0.717, 1.165) is 0 Å². The third-order valence-electron chi connectivity index (χ3n) is 2.36. The van der Waals surface area contributed by atoms with Gasteiger partial charge in [0.05, 0.1) is 0 Å². The summed E-state index contributed by atoms with van der Waals surface area (Å²) in [5.74, 6) is 0.491. The Morgan fingerprint density at radius 2 is 2.00 bits per heavy atom. The molecule has 1 aliphatic rings. The number of carbonyl (C=O) groups is 1. The van der Waals surface area contributed by atoms with Crippen molar-refractivity contribution in [2.45, 2.75) is 39.2 Å². The Morgan fingerprint density at radius 1 is 1.55 bits per heavy atom. The Balaban J connectivity index is 2.54. The Morgan fingerprint density at radius 3 is 2.27 bits per heavy atom. The maximum atomic E-state index is 11.3. The monoisotopic (exact) mass is 156 g/mol. The molecule has 1 aliphatic carbocycles. The second-order valence-electron chi connectivity index (χ2n) is 4.06. The lowest BCUT2D eigenvalue weighted by Crippen LogP contribution is -2.51. The van der Waals surface area contributed by atoms with E-state index < -0.39 is 5.60 Å². The lowest BCUT2D eigenvalue weighted by molar-refractivity contribution is -0.155. The van der Waals surface area contributed by atoms with E-state index in [1.165, 1.54) is 0 Å². The van der Waals surface area contributed by atoms with E-state index in [1.807, 2.05) is 13.8 Å². The zero-order chi connectivity index (χ0) is 8.65. The molecule has 11 heavy (non-hydrogen) atoms. The summed E-state index contributed by atoms with van der Waals surface area (Å²) < 4.78 is 0. The van der Waals surface area contributed by atoms with Crippen molar-refractivity contribution in [3.05, 3.63) is 0 Å². The van der Waals surface area contributed by atoms with Crippen LogP contribution < -0.4 is 0 Å². The van der Waals surface area contributed by atoms with Gasteiger partial charge in [-0.2, -0.15) is 0 Å². The number of rotatable bonds is 2. The molecule has 0 aromatic carbocycles. The third-order valence-corrected chi connectivity index (χ3v) is 2.36. The average molecular weight is 156 g/mol. The predicted octanol–water partition coefficient (Wildman–Crippen LogP) is 1.37. The minimum Gasteiger partial charge on any atom is -0.382 e. The molecule has 2 heteroatoms. The van der Waals surface area contributed by atoms with Crippen LogP contribution >= 0.6 is 0 Å². The van der Waals surface area contributed by atoms with Crippen molar-refractivity contribution in [3.63, 3.8) is 0 Å². The van der Waals surface area contributed by atoms with E-state index in [2.05, 4.69) is 6.92 Å². The van der Waals surface area contributed by atoms with Gasteiger partial charge in [0, 0.05) is 5.92 Å². The molecule has 0 aliphatic heterocycles. The topological polar surface area (TPSA) is 37.3 Å². The highest BCUT2D eigenvalue weighted by molar-refractivity contribution is 5.89. The summed E-state index contributed by atoms with van der Waals surface area (Å²) >= 11 is 0. The number of hydrogen-bond acceptors (Lipinski definition) is 2. The van der Waals surface area contributed by atoms with Crippen LogP contribution in [0.5, 0.6) is 0 Å². The molecule has 1 rings (SSSR count). The Hall–Kier alpha value is -0.370. The first kappa shape index (κ1) is 8.72. The SMILES string of the molecule is CC1CC(O)(C(=O)C(C)C)C1. The summed E-state index contributed by atoms with van der Waals surface area (Å²) in [5, 5.41) is 9.67. The van der Waals surface area contributed by atoms with Gasteiger partial charge in [0.25, 0.3) is 0 Å². The molecule has 0 amide bonds. The lowest BCUT2D eigenvalue weighted by Gasteiger charge is -2.41. The highest BCUT2D eigenvalue weighted by atomic mass is 16.3. The van der Waals surface area contributed by atoms with Gasteiger partial charge in [-0.1, -0.05) is 20.8 Å². The number of Topliss-reactive ketones (excluding diaryl/α,β-unsaturated/α-hetero) is 1. The molecule has 2 nitrogen and oxygen atoms in total. The van der Waals surface area contributed by atoms with E-state index >= 15 is 0 Å². The van der Waals surface area contributed by atoms with Crippen LogP contribution in [-0.4, -0.2) is 16.5 Å². The van der Waals surface area contributed by atoms with E-state index in [0.29, 0.717) is 18.8 Å². The van der Waals surface area contributed by atoms with Gasteiger partial charge >= 0.3 is 0 Å². The van der Waals surface area contributed by atoms with E-state index in [9.17, 15) is 9.90 Å². The molecular formula is C9H16O2. The minimum atomic E-state index is -0.965. The first-order valence-electron chi connectivity index (χ1n) is 4.22. The molecular weight excluding hydrogens is 140 g/mol. The fourth-order valence-electron chi connectivity index (χ4n) is 1.83. The Labute approximate surface area is 67.6 Å². The van der Waals surface area contributed by atoms with E-state index in [-0.39, 0.29) is 11.7 Å². The van der Waals surface area contributed by atoms with Gasteiger partial charge in [-0.15, -0.1) is 0 Å². The van der Waals surface area contributed by atoms with Crippen molar-refractivity contribution >= 4 is 5.78 Å². The number of carbonyl (C=O) groups excluding carboxylic acids is 1. The fraction of sp³-hybridized carbons (Fsp3) is 0.889. The smallest absolute Gasteiger partial charge is 0.166 e. The molecule has 64 valence electrons. The van der Waals surface area contributed by atoms with Gasteiger partial charge in [0.1, 0.15) is 5.60 Å². The van der Waals surface area contributed by atoms with Crippen molar-refractivity contribution in [2.75, 3.05) is 0 Å². The predicted molar refractivity (Wildman–Crippen MR) is 43.2 cm³/mol. The van der Waals surface area contributed by atoms with Gasteiger partial charge < -0.3 is 5.11 Å². The molecule has 0 spiro atoms. The summed E-state index contributed by atoms with van der Waals surface area (Å²) in [6.45, 7) is 5.73. The van der Waals surface area contributed by atoms with Crippen molar-refractivity contribution in [3.8, 4) is 0 Å². The van der Waals surface area contributed by atoms with Gasteiger partial charge in [-0.3, -0.25) is 4.79 Å². The first-order chi connectivity index (χ1) is 4.96. The molecule has 0 atom stereocenters. The van der Waals surface area contributed by atoms with Crippen LogP contribution in [0.15, 0.2) is 0 Å². The van der Waals surface area contributed by atoms with Gasteiger partial charge in [0.2, 0.25) is 0 Å². The molecule has 1 N–H and O–H groups in total. The van der Waals surface area contributed by atoms with Crippen LogP contribution in [0.2, 0.25) is 0 Å². The van der Waals surface area contributed by atoms with Crippen molar-refractivity contribution in [1.29, 1.82) is 0 Å². The van der Waals surface area contributed by atoms with Crippen LogP contribution in [0.25, 0.3) is 0 Å². The van der Waals surface area contributed by atoms with Gasteiger partial charge in [-0.05, 0) is 18.8 Å². The normalized spacial score (nSPS) is 37.0. The molecule has 0 radical (unpaired) electrons. The fourth-order valence-corrected chi connectivity index (χ4v) is 1.83. The van der Waals surface area contributed by atoms with Crippen LogP contribution in [-0.2, 0) is 4.79 Å². The quantitative estimate of drug-likeness (QED) is 0.655. The zero-order valence-electron chi connectivity index (χ0n) is 7.42. The maximum absolute atomic E-state index is 11.3. The summed E-state index contributed by atoms with van der Waals surface area (Å²) in [4.78, 5) is 11.3. The molecule has 0 aromatic heterocycles. The number of aliphatic hydroxyl groups is 1. The summed E-state index contributed by atoms with van der Waals surface area (Å²) in [6.07, 6.45) is 1.31. The van der Waals surface area contributed by atoms with Crippen LogP contribution in [0, 0.1) is 11.8 Å². The number of ketones is 1. The maximum Gasteiger partial charge on any atom is 0.166 e. The second kappa shape index (κ2) is 2.59. The first-order valence-corrected chi connectivity index (χ1v) is 4.22. The van der Waals surface area contributed by atoms with Gasteiger partial charge in [0.15, 0.2) is 5.78 Å². The van der Waals surface area contributed by atoms with E-state index in [4.69, 9.17) is 0 Å². The molecule has 0 bridgehead atoms.